The number of nitrogens with zero attached hydrogens (tertiary/aromatic N) is 4. The Kier molecular flexibility index (Phi) is 5.83. The molecule has 0 aliphatic heterocycles. The maximum absolute atomic E-state index is 13.1. The number of thiazole rings is 1. The number of aromatic nitrogens is 3. The van der Waals surface area contributed by atoms with E-state index in [-0.39, 0.29) is 11.9 Å². The summed E-state index contributed by atoms with van der Waals surface area (Å²) < 4.78 is 1.74. The highest BCUT2D eigenvalue weighted by Gasteiger charge is 2.25. The summed E-state index contributed by atoms with van der Waals surface area (Å²) in [5.74, 6) is -0.0375. The van der Waals surface area contributed by atoms with Crippen LogP contribution in [-0.4, -0.2) is 31.6 Å². The number of hydrogen-bond donors (Lipinski definition) is 0. The Hall–Kier alpha value is -2.47. The lowest BCUT2D eigenvalue weighted by Gasteiger charge is -2.28. The van der Waals surface area contributed by atoms with Crippen molar-refractivity contribution in [1.29, 1.82) is 0 Å². The molecule has 2 aromatic heterocycles. The molecule has 1 atom stereocenters. The van der Waals surface area contributed by atoms with Crippen LogP contribution in [0, 0.1) is 6.92 Å². The standard InChI is InChI=1S/C20H24N4OS/c1-15(9-10-17-7-5-4-6-8-17)24(14-19-21-11-12-26-19)20(25)18-13-16(2)23(3)22-18/h4-8,11-13,15H,9-10,14H2,1-3H3/t15-/m0/s1. The molecular formula is C20H24N4OS. The van der Waals surface area contributed by atoms with Crippen molar-refractivity contribution in [3.63, 3.8) is 0 Å². The van der Waals surface area contributed by atoms with E-state index in [1.54, 1.807) is 22.2 Å². The highest BCUT2D eigenvalue weighted by Crippen LogP contribution is 2.18. The van der Waals surface area contributed by atoms with Gasteiger partial charge in [-0.3, -0.25) is 9.48 Å². The van der Waals surface area contributed by atoms with Crippen molar-refractivity contribution in [2.24, 2.45) is 7.05 Å². The summed E-state index contributed by atoms with van der Waals surface area (Å²) in [7, 11) is 1.86. The summed E-state index contributed by atoms with van der Waals surface area (Å²) in [5.41, 5.74) is 2.75. The molecule has 1 amide bonds. The molecule has 0 bridgehead atoms. The van der Waals surface area contributed by atoms with E-state index < -0.39 is 0 Å². The lowest BCUT2D eigenvalue weighted by Crippen LogP contribution is -2.38. The first kappa shape index (κ1) is 18.3. The minimum Gasteiger partial charge on any atom is -0.328 e. The van der Waals surface area contributed by atoms with Crippen LogP contribution in [-0.2, 0) is 20.0 Å². The normalized spacial score (nSPS) is 12.1. The third-order valence-corrected chi connectivity index (χ3v) is 5.37. The summed E-state index contributed by atoms with van der Waals surface area (Å²) in [6.45, 7) is 4.57. The van der Waals surface area contributed by atoms with Crippen molar-refractivity contribution in [3.8, 4) is 0 Å². The Balaban J connectivity index is 1.76. The highest BCUT2D eigenvalue weighted by molar-refractivity contribution is 7.09. The van der Waals surface area contributed by atoms with Crippen LogP contribution < -0.4 is 0 Å². The molecule has 0 aliphatic rings. The molecule has 6 heteroatoms. The number of carbonyl (C=O) groups is 1. The van der Waals surface area contributed by atoms with Crippen molar-refractivity contribution in [3.05, 3.63) is 69.9 Å². The number of benzene rings is 1. The topological polar surface area (TPSA) is 51.0 Å². The number of aryl methyl sites for hydroxylation is 3. The molecule has 0 radical (unpaired) electrons. The molecule has 0 N–H and O–H groups in total. The zero-order chi connectivity index (χ0) is 18.5. The Morgan fingerprint density at radius 1 is 1.31 bits per heavy atom. The van der Waals surface area contributed by atoms with Gasteiger partial charge in [0.15, 0.2) is 5.69 Å². The van der Waals surface area contributed by atoms with Crippen LogP contribution in [0.3, 0.4) is 0 Å². The molecule has 136 valence electrons. The van der Waals surface area contributed by atoms with Crippen LogP contribution in [0.15, 0.2) is 48.0 Å². The molecule has 0 saturated carbocycles. The van der Waals surface area contributed by atoms with Crippen LogP contribution in [0.25, 0.3) is 0 Å². The van der Waals surface area contributed by atoms with Crippen molar-refractivity contribution >= 4 is 17.2 Å². The van der Waals surface area contributed by atoms with Gasteiger partial charge >= 0.3 is 0 Å². The molecule has 0 aliphatic carbocycles. The minimum atomic E-state index is -0.0375. The first-order valence-corrected chi connectivity index (χ1v) is 9.66. The second kappa shape index (κ2) is 8.27. The molecular weight excluding hydrogens is 344 g/mol. The van der Waals surface area contributed by atoms with Crippen molar-refractivity contribution in [2.45, 2.75) is 39.3 Å². The van der Waals surface area contributed by atoms with E-state index in [2.05, 4.69) is 41.3 Å². The highest BCUT2D eigenvalue weighted by atomic mass is 32.1. The van der Waals surface area contributed by atoms with Crippen molar-refractivity contribution < 1.29 is 4.79 Å². The third kappa shape index (κ3) is 4.38. The summed E-state index contributed by atoms with van der Waals surface area (Å²) in [6.07, 6.45) is 3.61. The zero-order valence-electron chi connectivity index (χ0n) is 15.4. The Labute approximate surface area is 158 Å². The number of hydrogen-bond acceptors (Lipinski definition) is 4. The van der Waals surface area contributed by atoms with E-state index in [1.807, 2.05) is 36.4 Å². The second-order valence-electron chi connectivity index (χ2n) is 6.53. The third-order valence-electron chi connectivity index (χ3n) is 4.61. The fraction of sp³-hybridized carbons (Fsp3) is 0.350. The minimum absolute atomic E-state index is 0.0375. The monoisotopic (exact) mass is 368 g/mol. The Morgan fingerprint density at radius 2 is 2.08 bits per heavy atom. The summed E-state index contributed by atoms with van der Waals surface area (Å²) in [5, 5.41) is 7.25. The van der Waals surface area contributed by atoms with E-state index in [0.29, 0.717) is 12.2 Å². The average molecular weight is 369 g/mol. The van der Waals surface area contributed by atoms with Gasteiger partial charge in [-0.25, -0.2) is 4.98 Å². The predicted octanol–water partition coefficient (Wildman–Crippen LogP) is 3.85. The molecule has 3 aromatic rings. The molecule has 0 saturated heterocycles. The van der Waals surface area contributed by atoms with E-state index in [1.165, 1.54) is 5.56 Å². The lowest BCUT2D eigenvalue weighted by atomic mass is 10.0. The van der Waals surface area contributed by atoms with Gasteiger partial charge in [0.25, 0.3) is 5.91 Å². The number of amides is 1. The maximum atomic E-state index is 13.1. The van der Waals surface area contributed by atoms with Crippen LogP contribution in [0.4, 0.5) is 0 Å². The SMILES string of the molecule is Cc1cc(C(=O)N(Cc2nccs2)[C@@H](C)CCc2ccccc2)nn1C. The van der Waals surface area contributed by atoms with Crippen LogP contribution in [0.1, 0.15) is 40.1 Å². The summed E-state index contributed by atoms with van der Waals surface area (Å²) >= 11 is 1.57. The molecule has 26 heavy (non-hydrogen) atoms. The van der Waals surface area contributed by atoms with Gasteiger partial charge in [-0.2, -0.15) is 5.10 Å². The average Bonchev–Trinajstić information content (AvgIpc) is 3.28. The molecule has 2 heterocycles. The fourth-order valence-electron chi connectivity index (χ4n) is 2.89. The van der Waals surface area contributed by atoms with Crippen molar-refractivity contribution in [1.82, 2.24) is 19.7 Å². The second-order valence-corrected chi connectivity index (χ2v) is 7.51. The van der Waals surface area contributed by atoms with Crippen LogP contribution >= 0.6 is 11.3 Å². The smallest absolute Gasteiger partial charge is 0.274 e. The van der Waals surface area contributed by atoms with Crippen molar-refractivity contribution in [2.75, 3.05) is 0 Å². The molecule has 0 unspecified atom stereocenters. The molecule has 1 aromatic carbocycles. The van der Waals surface area contributed by atoms with Gasteiger partial charge in [-0.1, -0.05) is 30.3 Å². The summed E-state index contributed by atoms with van der Waals surface area (Å²) in [4.78, 5) is 19.4. The van der Waals surface area contributed by atoms with Gasteiger partial charge in [0.1, 0.15) is 5.01 Å². The largest absolute Gasteiger partial charge is 0.328 e. The van der Waals surface area contributed by atoms with Gasteiger partial charge in [0, 0.05) is 30.4 Å². The van der Waals surface area contributed by atoms with Crippen LogP contribution in [0.5, 0.6) is 0 Å². The lowest BCUT2D eigenvalue weighted by molar-refractivity contribution is 0.0660. The molecule has 0 fully saturated rings. The number of carbonyl (C=O) groups excluding carboxylic acids is 1. The predicted molar refractivity (Wildman–Crippen MR) is 104 cm³/mol. The Morgan fingerprint density at radius 3 is 2.69 bits per heavy atom. The van der Waals surface area contributed by atoms with E-state index >= 15 is 0 Å². The maximum Gasteiger partial charge on any atom is 0.274 e. The molecule has 3 rings (SSSR count). The van der Waals surface area contributed by atoms with Gasteiger partial charge < -0.3 is 4.90 Å². The zero-order valence-corrected chi connectivity index (χ0v) is 16.2. The van der Waals surface area contributed by atoms with Gasteiger partial charge in [0.2, 0.25) is 0 Å². The quantitative estimate of drug-likeness (QED) is 0.636. The van der Waals surface area contributed by atoms with Crippen LogP contribution in [0.2, 0.25) is 0 Å². The van der Waals surface area contributed by atoms with E-state index in [4.69, 9.17) is 0 Å². The van der Waals surface area contributed by atoms with Gasteiger partial charge in [0.05, 0.1) is 6.54 Å². The Bertz CT molecular complexity index is 823. The summed E-state index contributed by atoms with van der Waals surface area (Å²) in [6, 6.07) is 12.3. The molecule has 0 spiro atoms. The first-order chi connectivity index (χ1) is 12.5. The van der Waals surface area contributed by atoms with E-state index in [0.717, 1.165) is 23.5 Å². The molecule has 5 nitrogen and oxygen atoms in total. The van der Waals surface area contributed by atoms with Gasteiger partial charge in [-0.15, -0.1) is 11.3 Å². The van der Waals surface area contributed by atoms with Gasteiger partial charge in [-0.05, 0) is 38.3 Å². The number of rotatable bonds is 7. The first-order valence-electron chi connectivity index (χ1n) is 8.78. The van der Waals surface area contributed by atoms with E-state index in [9.17, 15) is 4.79 Å². The fourth-order valence-corrected chi connectivity index (χ4v) is 3.51.